The molecule has 0 aliphatic heterocycles. The van der Waals surface area contributed by atoms with Gasteiger partial charge in [-0.15, -0.1) is 0 Å². The maximum atomic E-state index is 5.29. The van der Waals surface area contributed by atoms with Crippen LogP contribution in [0.3, 0.4) is 0 Å². The van der Waals surface area contributed by atoms with E-state index in [1.807, 2.05) is 13.8 Å². The van der Waals surface area contributed by atoms with Crippen LogP contribution < -0.4 is 10.6 Å². The average molecular weight is 201 g/mol. The van der Waals surface area contributed by atoms with E-state index in [1.165, 1.54) is 0 Å². The molecule has 0 bridgehead atoms. The van der Waals surface area contributed by atoms with Gasteiger partial charge >= 0.3 is 0 Å². The van der Waals surface area contributed by atoms with E-state index in [1.54, 1.807) is 14.2 Å². The van der Waals surface area contributed by atoms with Crippen LogP contribution in [0.15, 0.2) is 4.99 Å². The fraction of sp³-hybridized carbons (Fsp3) is 0.900. The lowest BCUT2D eigenvalue weighted by atomic mass is 10.1. The van der Waals surface area contributed by atoms with Gasteiger partial charge in [0.15, 0.2) is 5.96 Å². The molecule has 0 amide bonds. The molecule has 0 spiro atoms. The summed E-state index contributed by atoms with van der Waals surface area (Å²) in [5.74, 6) is 0.831. The Bertz CT molecular complexity index is 178. The molecule has 4 heteroatoms. The number of ether oxygens (including phenoxy) is 1. The highest BCUT2D eigenvalue weighted by Crippen LogP contribution is 2.04. The maximum absolute atomic E-state index is 5.29. The molecule has 0 aromatic heterocycles. The van der Waals surface area contributed by atoms with Crippen molar-refractivity contribution >= 4 is 5.96 Å². The van der Waals surface area contributed by atoms with Gasteiger partial charge in [0, 0.05) is 27.2 Å². The van der Waals surface area contributed by atoms with Crippen molar-refractivity contribution in [2.45, 2.75) is 32.8 Å². The van der Waals surface area contributed by atoms with Gasteiger partial charge < -0.3 is 15.4 Å². The molecule has 84 valence electrons. The van der Waals surface area contributed by atoms with Gasteiger partial charge in [0.2, 0.25) is 0 Å². The average Bonchev–Trinajstić information content (AvgIpc) is 2.18. The van der Waals surface area contributed by atoms with Gasteiger partial charge in [0.1, 0.15) is 0 Å². The first kappa shape index (κ1) is 13.2. The fourth-order valence-electron chi connectivity index (χ4n) is 0.833. The Hall–Kier alpha value is -0.770. The van der Waals surface area contributed by atoms with Crippen LogP contribution in [0.5, 0.6) is 0 Å². The first-order valence-electron chi connectivity index (χ1n) is 5.05. The normalized spacial score (nSPS) is 12.8. The Morgan fingerprint density at radius 3 is 2.43 bits per heavy atom. The van der Waals surface area contributed by atoms with Gasteiger partial charge in [-0.05, 0) is 20.3 Å². The Morgan fingerprint density at radius 1 is 1.36 bits per heavy atom. The highest BCUT2D eigenvalue weighted by Gasteiger charge is 2.16. The molecule has 0 aliphatic rings. The quantitative estimate of drug-likeness (QED) is 0.515. The zero-order chi connectivity index (χ0) is 11.0. The van der Waals surface area contributed by atoms with Crippen molar-refractivity contribution in [2.24, 2.45) is 4.99 Å². The van der Waals surface area contributed by atoms with Crippen LogP contribution in [-0.2, 0) is 4.74 Å². The van der Waals surface area contributed by atoms with Crippen molar-refractivity contribution in [1.82, 2.24) is 10.6 Å². The second kappa shape index (κ2) is 6.65. The van der Waals surface area contributed by atoms with Crippen molar-refractivity contribution in [3.8, 4) is 0 Å². The molecule has 0 aromatic rings. The van der Waals surface area contributed by atoms with Crippen molar-refractivity contribution in [2.75, 3.05) is 27.2 Å². The zero-order valence-electron chi connectivity index (χ0n) is 9.98. The summed E-state index contributed by atoms with van der Waals surface area (Å²) in [5.41, 5.74) is -0.163. The molecule has 0 saturated heterocycles. The number of hydrogen-bond acceptors (Lipinski definition) is 2. The second-order valence-corrected chi connectivity index (χ2v) is 3.82. The van der Waals surface area contributed by atoms with Crippen LogP contribution in [0.4, 0.5) is 0 Å². The lowest BCUT2D eigenvalue weighted by Gasteiger charge is -2.24. The highest BCUT2D eigenvalue weighted by atomic mass is 16.5. The summed E-state index contributed by atoms with van der Waals surface area (Å²) in [4.78, 5) is 4.10. The summed E-state index contributed by atoms with van der Waals surface area (Å²) < 4.78 is 5.29. The summed E-state index contributed by atoms with van der Waals surface area (Å²) in [6, 6.07) is 0. The summed E-state index contributed by atoms with van der Waals surface area (Å²) >= 11 is 0. The van der Waals surface area contributed by atoms with Gasteiger partial charge in [-0.25, -0.2) is 0 Å². The van der Waals surface area contributed by atoms with E-state index < -0.39 is 0 Å². The van der Waals surface area contributed by atoms with Crippen molar-refractivity contribution in [1.29, 1.82) is 0 Å². The molecular formula is C10H23N3O. The van der Waals surface area contributed by atoms with Crippen LogP contribution in [0.1, 0.15) is 27.2 Å². The molecule has 0 atom stereocenters. The molecule has 0 rings (SSSR count). The Morgan fingerprint density at radius 2 is 2.00 bits per heavy atom. The van der Waals surface area contributed by atoms with Crippen molar-refractivity contribution in [3.05, 3.63) is 0 Å². The maximum Gasteiger partial charge on any atom is 0.191 e. The van der Waals surface area contributed by atoms with Gasteiger partial charge in [0.25, 0.3) is 0 Å². The standard InChI is InChI=1S/C10H23N3O/c1-6-7-12-9(11-4)13-8-10(2,3)14-5/h6-8H2,1-5H3,(H2,11,12,13). The number of methoxy groups -OCH3 is 1. The number of nitrogens with zero attached hydrogens (tertiary/aromatic N) is 1. The number of aliphatic imine (C=N–C) groups is 1. The van der Waals surface area contributed by atoms with Crippen LogP contribution in [0.2, 0.25) is 0 Å². The van der Waals surface area contributed by atoms with Crippen LogP contribution in [0, 0.1) is 0 Å². The monoisotopic (exact) mass is 201 g/mol. The minimum atomic E-state index is -0.163. The van der Waals surface area contributed by atoms with E-state index in [0.29, 0.717) is 0 Å². The molecule has 0 radical (unpaired) electrons. The Balaban J connectivity index is 3.85. The van der Waals surface area contributed by atoms with Gasteiger partial charge in [-0.2, -0.15) is 0 Å². The molecule has 0 unspecified atom stereocenters. The zero-order valence-corrected chi connectivity index (χ0v) is 9.98. The number of hydrogen-bond donors (Lipinski definition) is 2. The minimum Gasteiger partial charge on any atom is -0.377 e. The van der Waals surface area contributed by atoms with E-state index in [4.69, 9.17) is 4.74 Å². The van der Waals surface area contributed by atoms with Gasteiger partial charge in [-0.1, -0.05) is 6.92 Å². The molecule has 0 aromatic carbocycles. The predicted octanol–water partition coefficient (Wildman–Crippen LogP) is 0.986. The van der Waals surface area contributed by atoms with E-state index in [9.17, 15) is 0 Å². The molecule has 14 heavy (non-hydrogen) atoms. The molecule has 0 fully saturated rings. The molecule has 0 aliphatic carbocycles. The predicted molar refractivity (Wildman–Crippen MR) is 60.7 cm³/mol. The SMILES string of the molecule is CCCNC(=NC)NCC(C)(C)OC. The number of rotatable bonds is 5. The first-order chi connectivity index (χ1) is 6.55. The molecule has 0 heterocycles. The Labute approximate surface area is 87.1 Å². The van der Waals surface area contributed by atoms with Gasteiger partial charge in [-0.3, -0.25) is 4.99 Å². The van der Waals surface area contributed by atoms with E-state index in [2.05, 4.69) is 22.5 Å². The third-order valence-electron chi connectivity index (χ3n) is 2.00. The molecular weight excluding hydrogens is 178 g/mol. The van der Waals surface area contributed by atoms with Crippen LogP contribution in [0.25, 0.3) is 0 Å². The van der Waals surface area contributed by atoms with Crippen LogP contribution in [-0.4, -0.2) is 38.8 Å². The van der Waals surface area contributed by atoms with Crippen LogP contribution >= 0.6 is 0 Å². The van der Waals surface area contributed by atoms with E-state index in [0.717, 1.165) is 25.5 Å². The third kappa shape index (κ3) is 5.80. The lowest BCUT2D eigenvalue weighted by Crippen LogP contribution is -2.45. The smallest absolute Gasteiger partial charge is 0.191 e. The van der Waals surface area contributed by atoms with Gasteiger partial charge in [0.05, 0.1) is 5.60 Å². The van der Waals surface area contributed by atoms with Crippen molar-refractivity contribution < 1.29 is 4.74 Å². The summed E-state index contributed by atoms with van der Waals surface area (Å²) in [5, 5.41) is 6.41. The summed E-state index contributed by atoms with van der Waals surface area (Å²) in [6.45, 7) is 7.87. The number of guanidine groups is 1. The summed E-state index contributed by atoms with van der Waals surface area (Å²) in [7, 11) is 3.48. The lowest BCUT2D eigenvalue weighted by molar-refractivity contribution is 0.0268. The van der Waals surface area contributed by atoms with Crippen molar-refractivity contribution in [3.63, 3.8) is 0 Å². The van der Waals surface area contributed by atoms with E-state index in [-0.39, 0.29) is 5.60 Å². The fourth-order valence-corrected chi connectivity index (χ4v) is 0.833. The topological polar surface area (TPSA) is 45.7 Å². The third-order valence-corrected chi connectivity index (χ3v) is 2.00. The molecule has 0 saturated carbocycles. The summed E-state index contributed by atoms with van der Waals surface area (Å²) in [6.07, 6.45) is 1.09. The first-order valence-corrected chi connectivity index (χ1v) is 5.05. The largest absolute Gasteiger partial charge is 0.377 e. The molecule has 4 nitrogen and oxygen atoms in total. The molecule has 2 N–H and O–H groups in total. The highest BCUT2D eigenvalue weighted by molar-refractivity contribution is 5.79. The minimum absolute atomic E-state index is 0.163. The van der Waals surface area contributed by atoms with E-state index >= 15 is 0 Å². The number of nitrogens with one attached hydrogen (secondary N) is 2. The Kier molecular flexibility index (Phi) is 6.28. The second-order valence-electron chi connectivity index (χ2n) is 3.82.